The molecular weight excluding hydrogens is 398 g/mol. The summed E-state index contributed by atoms with van der Waals surface area (Å²) in [7, 11) is 0. The Morgan fingerprint density at radius 2 is 2.07 bits per heavy atom. The van der Waals surface area contributed by atoms with Crippen LogP contribution in [-0.2, 0) is 4.79 Å². The van der Waals surface area contributed by atoms with Gasteiger partial charge in [0.1, 0.15) is 5.75 Å². The van der Waals surface area contributed by atoms with E-state index in [-0.39, 0.29) is 5.91 Å². The molecule has 0 bridgehead atoms. The molecule has 146 valence electrons. The number of hydrogen-bond acceptors (Lipinski definition) is 6. The number of amides is 1. The second kappa shape index (κ2) is 8.99. The van der Waals surface area contributed by atoms with E-state index in [9.17, 15) is 4.79 Å². The van der Waals surface area contributed by atoms with Gasteiger partial charge in [0.2, 0.25) is 11.1 Å². The number of nitrogens with zero attached hydrogens (tertiary/aromatic N) is 3. The zero-order valence-corrected chi connectivity index (χ0v) is 17.0. The summed E-state index contributed by atoms with van der Waals surface area (Å²) >= 11 is 7.24. The van der Waals surface area contributed by atoms with E-state index in [0.717, 1.165) is 5.56 Å². The number of halogens is 1. The minimum Gasteiger partial charge on any atom is -0.492 e. The zero-order valence-electron chi connectivity index (χ0n) is 15.4. The van der Waals surface area contributed by atoms with Crippen molar-refractivity contribution in [1.29, 1.82) is 0 Å². The molecule has 0 aliphatic carbocycles. The Balaban J connectivity index is 1.71. The molecule has 0 aliphatic rings. The molecule has 0 saturated heterocycles. The first-order valence-electron chi connectivity index (χ1n) is 8.65. The number of para-hydroxylation sites is 2. The van der Waals surface area contributed by atoms with E-state index in [1.54, 1.807) is 25.1 Å². The molecule has 3 aromatic rings. The first kappa shape index (κ1) is 20.0. The fraction of sp³-hybridized carbons (Fsp3) is 0.211. The van der Waals surface area contributed by atoms with Gasteiger partial charge in [-0.05, 0) is 38.1 Å². The Morgan fingerprint density at radius 3 is 2.82 bits per heavy atom. The number of thioether (sulfide) groups is 1. The molecule has 1 aromatic heterocycles. The minimum absolute atomic E-state index is 0.190. The van der Waals surface area contributed by atoms with Crippen LogP contribution in [0.2, 0.25) is 5.02 Å². The highest BCUT2D eigenvalue weighted by molar-refractivity contribution is 8.00. The molecule has 0 radical (unpaired) electrons. The van der Waals surface area contributed by atoms with Crippen LogP contribution >= 0.6 is 23.4 Å². The minimum atomic E-state index is -0.451. The number of nitrogens with two attached hydrogens (primary N) is 1. The van der Waals surface area contributed by atoms with Gasteiger partial charge >= 0.3 is 0 Å². The number of nitrogens with one attached hydrogen (secondary N) is 1. The predicted molar refractivity (Wildman–Crippen MR) is 112 cm³/mol. The third-order valence-electron chi connectivity index (χ3n) is 3.84. The van der Waals surface area contributed by atoms with Gasteiger partial charge in [-0.15, -0.1) is 10.2 Å². The van der Waals surface area contributed by atoms with Gasteiger partial charge in [0.25, 0.3) is 0 Å². The molecule has 1 atom stereocenters. The third-order valence-corrected chi connectivity index (χ3v) is 5.14. The van der Waals surface area contributed by atoms with Crippen LogP contribution < -0.4 is 15.9 Å². The van der Waals surface area contributed by atoms with Crippen molar-refractivity contribution in [3.05, 3.63) is 53.6 Å². The van der Waals surface area contributed by atoms with Crippen molar-refractivity contribution in [1.82, 2.24) is 14.9 Å². The average molecular weight is 418 g/mol. The third kappa shape index (κ3) is 4.58. The maximum Gasteiger partial charge on any atom is 0.237 e. The Bertz CT molecular complexity index is 978. The molecule has 0 aliphatic heterocycles. The van der Waals surface area contributed by atoms with Crippen molar-refractivity contribution < 1.29 is 9.53 Å². The first-order valence-corrected chi connectivity index (χ1v) is 9.91. The number of hydrogen-bond donors (Lipinski definition) is 2. The Morgan fingerprint density at radius 1 is 1.29 bits per heavy atom. The fourth-order valence-corrected chi connectivity index (χ4v) is 3.44. The lowest BCUT2D eigenvalue weighted by atomic mass is 10.2. The first-order chi connectivity index (χ1) is 13.5. The molecule has 2 aromatic carbocycles. The smallest absolute Gasteiger partial charge is 0.237 e. The maximum absolute atomic E-state index is 12.6. The lowest BCUT2D eigenvalue weighted by molar-refractivity contribution is -0.115. The van der Waals surface area contributed by atoms with Gasteiger partial charge in [-0.3, -0.25) is 4.79 Å². The summed E-state index contributed by atoms with van der Waals surface area (Å²) < 4.78 is 6.89. The largest absolute Gasteiger partial charge is 0.492 e. The number of aromatic nitrogens is 3. The van der Waals surface area contributed by atoms with Gasteiger partial charge in [0.05, 0.1) is 17.5 Å². The second-order valence-corrected chi connectivity index (χ2v) is 7.61. The van der Waals surface area contributed by atoms with Crippen LogP contribution in [0.3, 0.4) is 0 Å². The number of carbonyl (C=O) groups is 1. The van der Waals surface area contributed by atoms with Crippen molar-refractivity contribution >= 4 is 35.0 Å². The number of ether oxygens (including phenoxy) is 1. The van der Waals surface area contributed by atoms with Crippen LogP contribution in [0.15, 0.2) is 53.7 Å². The molecule has 0 spiro atoms. The summed E-state index contributed by atoms with van der Waals surface area (Å²) in [5.41, 5.74) is 1.37. The molecule has 28 heavy (non-hydrogen) atoms. The van der Waals surface area contributed by atoms with Crippen LogP contribution in [0.4, 0.5) is 5.69 Å². The summed E-state index contributed by atoms with van der Waals surface area (Å²) in [6.45, 7) is 4.18. The summed E-state index contributed by atoms with van der Waals surface area (Å²) in [5.74, 6) is 7.03. The van der Waals surface area contributed by atoms with Crippen molar-refractivity contribution in [3.63, 3.8) is 0 Å². The van der Waals surface area contributed by atoms with Crippen molar-refractivity contribution in [2.45, 2.75) is 24.3 Å². The van der Waals surface area contributed by atoms with E-state index in [1.165, 1.54) is 16.4 Å². The monoisotopic (exact) mass is 417 g/mol. The van der Waals surface area contributed by atoms with Crippen LogP contribution in [0, 0.1) is 0 Å². The molecule has 0 unspecified atom stereocenters. The lowest BCUT2D eigenvalue weighted by Crippen LogP contribution is -2.24. The van der Waals surface area contributed by atoms with Gasteiger partial charge in [0, 0.05) is 10.6 Å². The SMILES string of the molecule is CCOc1ccccc1NC(=O)[C@@H](C)Sc1nnc(-c2cccc(Cl)c2)n1N. The summed E-state index contributed by atoms with van der Waals surface area (Å²) in [6, 6.07) is 14.5. The number of benzene rings is 2. The summed E-state index contributed by atoms with van der Waals surface area (Å²) in [5, 5.41) is 11.7. The van der Waals surface area contributed by atoms with Gasteiger partial charge in [0.15, 0.2) is 5.82 Å². The molecule has 0 saturated carbocycles. The Labute approximate surface area is 172 Å². The number of anilines is 1. The summed E-state index contributed by atoms with van der Waals surface area (Å²) in [4.78, 5) is 12.6. The number of rotatable bonds is 7. The van der Waals surface area contributed by atoms with Crippen LogP contribution in [0.5, 0.6) is 5.75 Å². The predicted octanol–water partition coefficient (Wildman–Crippen LogP) is 3.83. The van der Waals surface area contributed by atoms with Crippen LogP contribution in [0.1, 0.15) is 13.8 Å². The molecular formula is C19H20ClN5O2S. The van der Waals surface area contributed by atoms with Crippen LogP contribution in [-0.4, -0.2) is 32.6 Å². The van der Waals surface area contributed by atoms with Gasteiger partial charge in [-0.2, -0.15) is 0 Å². The van der Waals surface area contributed by atoms with E-state index in [1.807, 2.05) is 37.3 Å². The number of nitrogen functional groups attached to an aromatic ring is 1. The van der Waals surface area contributed by atoms with E-state index >= 15 is 0 Å². The van der Waals surface area contributed by atoms with E-state index in [0.29, 0.717) is 34.0 Å². The number of carbonyl (C=O) groups excluding carboxylic acids is 1. The fourth-order valence-electron chi connectivity index (χ4n) is 2.48. The molecule has 7 nitrogen and oxygen atoms in total. The average Bonchev–Trinajstić information content (AvgIpc) is 3.04. The molecule has 0 fully saturated rings. The van der Waals surface area contributed by atoms with E-state index in [2.05, 4.69) is 15.5 Å². The molecule has 3 N–H and O–H groups in total. The highest BCUT2D eigenvalue weighted by Gasteiger charge is 2.21. The van der Waals surface area contributed by atoms with Crippen LogP contribution in [0.25, 0.3) is 11.4 Å². The van der Waals surface area contributed by atoms with Gasteiger partial charge < -0.3 is 15.9 Å². The zero-order chi connectivity index (χ0) is 20.1. The van der Waals surface area contributed by atoms with Crippen molar-refractivity contribution in [2.24, 2.45) is 0 Å². The molecule has 1 heterocycles. The Hall–Kier alpha value is -2.71. The molecule has 1 amide bonds. The molecule has 9 heteroatoms. The van der Waals surface area contributed by atoms with Crippen molar-refractivity contribution in [3.8, 4) is 17.1 Å². The summed E-state index contributed by atoms with van der Waals surface area (Å²) in [6.07, 6.45) is 0. The van der Waals surface area contributed by atoms with E-state index < -0.39 is 5.25 Å². The molecule has 3 rings (SSSR count). The normalized spacial score (nSPS) is 11.8. The Kier molecular flexibility index (Phi) is 6.43. The second-order valence-electron chi connectivity index (χ2n) is 5.87. The maximum atomic E-state index is 12.6. The lowest BCUT2D eigenvalue weighted by Gasteiger charge is -2.14. The highest BCUT2D eigenvalue weighted by Crippen LogP contribution is 2.28. The van der Waals surface area contributed by atoms with Gasteiger partial charge in [-0.25, -0.2) is 4.68 Å². The van der Waals surface area contributed by atoms with E-state index in [4.69, 9.17) is 22.2 Å². The van der Waals surface area contributed by atoms with Crippen molar-refractivity contribution in [2.75, 3.05) is 17.8 Å². The van der Waals surface area contributed by atoms with Gasteiger partial charge in [-0.1, -0.05) is 47.6 Å². The quantitative estimate of drug-likeness (QED) is 0.448. The topological polar surface area (TPSA) is 95.1 Å². The highest BCUT2D eigenvalue weighted by atomic mass is 35.5. The standard InChI is InChI=1S/C19H20ClN5O2S/c1-3-27-16-10-5-4-9-15(16)22-18(26)12(2)28-19-24-23-17(25(19)21)13-7-6-8-14(20)11-13/h4-12H,3,21H2,1-2H3,(H,22,26)/t12-/m1/s1.